The van der Waals surface area contributed by atoms with E-state index in [1.165, 1.54) is 0 Å². The van der Waals surface area contributed by atoms with Crippen molar-refractivity contribution in [3.63, 3.8) is 0 Å². The summed E-state index contributed by atoms with van der Waals surface area (Å²) in [7, 11) is -1.22. The van der Waals surface area contributed by atoms with Gasteiger partial charge >= 0.3 is 0 Å². The molecular formula is C16H17Cl2NOS. The minimum Gasteiger partial charge on any atom is -0.309 e. The standard InChI is InChI=1S/C16H17Cl2NOS/c1-2-19-15(12-6-4-3-5-7-12)11-21(20)16-10-13(17)8-9-14(16)18/h3-10,15,19H,2,11H2,1H3. The molecule has 2 unspecified atom stereocenters. The monoisotopic (exact) mass is 341 g/mol. The lowest BCUT2D eigenvalue weighted by atomic mass is 10.1. The van der Waals surface area contributed by atoms with Crippen LogP contribution in [0.4, 0.5) is 0 Å². The molecule has 0 heterocycles. The van der Waals surface area contributed by atoms with Gasteiger partial charge in [0.05, 0.1) is 20.7 Å². The van der Waals surface area contributed by atoms with Crippen molar-refractivity contribution >= 4 is 34.0 Å². The molecule has 0 aliphatic rings. The Morgan fingerprint density at radius 1 is 1.14 bits per heavy atom. The molecule has 2 nitrogen and oxygen atoms in total. The van der Waals surface area contributed by atoms with Crippen molar-refractivity contribution in [2.24, 2.45) is 0 Å². The fraction of sp³-hybridized carbons (Fsp3) is 0.250. The summed E-state index contributed by atoms with van der Waals surface area (Å²) in [6.07, 6.45) is 0. The Kier molecular flexibility index (Phi) is 6.24. The van der Waals surface area contributed by atoms with Crippen molar-refractivity contribution in [3.05, 3.63) is 64.1 Å². The Morgan fingerprint density at radius 3 is 2.52 bits per heavy atom. The molecule has 0 saturated heterocycles. The SMILES string of the molecule is CCNC(CS(=O)c1cc(Cl)ccc1Cl)c1ccccc1. The average molecular weight is 342 g/mol. The molecule has 0 saturated carbocycles. The predicted octanol–water partition coefficient (Wildman–Crippen LogP) is 4.45. The van der Waals surface area contributed by atoms with E-state index in [4.69, 9.17) is 23.2 Å². The summed E-state index contributed by atoms with van der Waals surface area (Å²) in [5.41, 5.74) is 1.12. The quantitative estimate of drug-likeness (QED) is 0.840. The van der Waals surface area contributed by atoms with Crippen LogP contribution in [0.1, 0.15) is 18.5 Å². The molecule has 0 aromatic heterocycles. The lowest BCUT2D eigenvalue weighted by Crippen LogP contribution is -2.26. The van der Waals surface area contributed by atoms with E-state index in [0.717, 1.165) is 12.1 Å². The van der Waals surface area contributed by atoms with Gasteiger partial charge in [0.15, 0.2) is 0 Å². The first-order valence-electron chi connectivity index (χ1n) is 6.73. The number of rotatable bonds is 6. The van der Waals surface area contributed by atoms with E-state index in [1.807, 2.05) is 37.3 Å². The zero-order chi connectivity index (χ0) is 15.2. The van der Waals surface area contributed by atoms with Gasteiger partial charge in [-0.05, 0) is 30.3 Å². The van der Waals surface area contributed by atoms with Crippen LogP contribution in [0.25, 0.3) is 0 Å². The van der Waals surface area contributed by atoms with Crippen LogP contribution in [0, 0.1) is 0 Å². The summed E-state index contributed by atoms with van der Waals surface area (Å²) >= 11 is 12.1. The second kappa shape index (κ2) is 7.95. The van der Waals surface area contributed by atoms with Crippen molar-refractivity contribution < 1.29 is 4.21 Å². The second-order valence-electron chi connectivity index (χ2n) is 4.61. The minimum absolute atomic E-state index is 0.0204. The van der Waals surface area contributed by atoms with E-state index in [9.17, 15) is 4.21 Å². The Balaban J connectivity index is 2.20. The zero-order valence-electron chi connectivity index (χ0n) is 11.7. The van der Waals surface area contributed by atoms with Crippen molar-refractivity contribution in [3.8, 4) is 0 Å². The van der Waals surface area contributed by atoms with Crippen LogP contribution in [0.5, 0.6) is 0 Å². The third kappa shape index (κ3) is 4.55. The van der Waals surface area contributed by atoms with Gasteiger partial charge in [-0.3, -0.25) is 4.21 Å². The molecule has 1 N–H and O–H groups in total. The summed E-state index contributed by atoms with van der Waals surface area (Å²) in [6.45, 7) is 2.84. The fourth-order valence-corrected chi connectivity index (χ4v) is 4.05. The van der Waals surface area contributed by atoms with Crippen molar-refractivity contribution in [2.45, 2.75) is 17.9 Å². The number of benzene rings is 2. The maximum Gasteiger partial charge on any atom is 0.0589 e. The molecule has 0 radical (unpaired) electrons. The molecule has 0 aliphatic carbocycles. The van der Waals surface area contributed by atoms with E-state index in [0.29, 0.717) is 20.7 Å². The van der Waals surface area contributed by atoms with Crippen molar-refractivity contribution in [1.82, 2.24) is 5.32 Å². The molecule has 2 atom stereocenters. The first-order valence-corrected chi connectivity index (χ1v) is 8.81. The van der Waals surface area contributed by atoms with Crippen LogP contribution in [-0.2, 0) is 10.8 Å². The first kappa shape index (κ1) is 16.5. The molecule has 2 aromatic carbocycles. The third-order valence-electron chi connectivity index (χ3n) is 3.11. The van der Waals surface area contributed by atoms with Crippen LogP contribution >= 0.6 is 23.2 Å². The van der Waals surface area contributed by atoms with E-state index in [1.54, 1.807) is 18.2 Å². The predicted molar refractivity (Wildman–Crippen MR) is 90.6 cm³/mol. The summed E-state index contributed by atoms with van der Waals surface area (Å²) in [5, 5.41) is 4.40. The van der Waals surface area contributed by atoms with Gasteiger partial charge in [0.25, 0.3) is 0 Å². The number of hydrogen-bond acceptors (Lipinski definition) is 2. The highest BCUT2D eigenvalue weighted by molar-refractivity contribution is 7.85. The maximum absolute atomic E-state index is 12.6. The highest BCUT2D eigenvalue weighted by atomic mass is 35.5. The Hall–Kier alpha value is -0.870. The Bertz CT molecular complexity index is 619. The van der Waals surface area contributed by atoms with Gasteiger partial charge in [0.2, 0.25) is 0 Å². The maximum atomic E-state index is 12.6. The molecule has 2 rings (SSSR count). The van der Waals surface area contributed by atoms with Crippen LogP contribution in [0.15, 0.2) is 53.4 Å². The highest BCUT2D eigenvalue weighted by Gasteiger charge is 2.17. The summed E-state index contributed by atoms with van der Waals surface area (Å²) in [5.74, 6) is 0.456. The largest absolute Gasteiger partial charge is 0.309 e. The molecule has 0 amide bonds. The molecule has 21 heavy (non-hydrogen) atoms. The van der Waals surface area contributed by atoms with E-state index in [2.05, 4.69) is 5.32 Å². The Labute approximate surface area is 137 Å². The molecule has 0 aliphatic heterocycles. The lowest BCUT2D eigenvalue weighted by molar-refractivity contribution is 0.594. The van der Waals surface area contributed by atoms with Gasteiger partial charge in [-0.2, -0.15) is 0 Å². The van der Waals surface area contributed by atoms with E-state index in [-0.39, 0.29) is 6.04 Å². The third-order valence-corrected chi connectivity index (χ3v) is 5.25. The molecule has 0 spiro atoms. The molecule has 112 valence electrons. The van der Waals surface area contributed by atoms with Crippen molar-refractivity contribution in [2.75, 3.05) is 12.3 Å². The van der Waals surface area contributed by atoms with E-state index < -0.39 is 10.8 Å². The van der Waals surface area contributed by atoms with Gasteiger partial charge in [0.1, 0.15) is 0 Å². The lowest BCUT2D eigenvalue weighted by Gasteiger charge is -2.18. The number of halogens is 2. The van der Waals surface area contributed by atoms with Gasteiger partial charge in [0, 0.05) is 16.8 Å². The van der Waals surface area contributed by atoms with Gasteiger partial charge in [-0.15, -0.1) is 0 Å². The zero-order valence-corrected chi connectivity index (χ0v) is 14.0. The summed E-state index contributed by atoms with van der Waals surface area (Å²) < 4.78 is 12.6. The molecular weight excluding hydrogens is 325 g/mol. The topological polar surface area (TPSA) is 29.1 Å². The van der Waals surface area contributed by atoms with Crippen molar-refractivity contribution in [1.29, 1.82) is 0 Å². The number of nitrogens with one attached hydrogen (secondary N) is 1. The van der Waals surface area contributed by atoms with Crippen LogP contribution < -0.4 is 5.32 Å². The van der Waals surface area contributed by atoms with Crippen LogP contribution in [0.3, 0.4) is 0 Å². The highest BCUT2D eigenvalue weighted by Crippen LogP contribution is 2.26. The minimum atomic E-state index is -1.22. The van der Waals surface area contributed by atoms with Gasteiger partial charge in [-0.1, -0.05) is 60.5 Å². The second-order valence-corrected chi connectivity index (χ2v) is 6.92. The van der Waals surface area contributed by atoms with E-state index >= 15 is 0 Å². The van der Waals surface area contributed by atoms with Crippen LogP contribution in [0.2, 0.25) is 10.0 Å². The van der Waals surface area contributed by atoms with Crippen LogP contribution in [-0.4, -0.2) is 16.5 Å². The summed E-state index contributed by atoms with van der Waals surface area (Å²) in [4.78, 5) is 0.586. The molecule has 2 aromatic rings. The molecule has 0 fully saturated rings. The van der Waals surface area contributed by atoms with Gasteiger partial charge < -0.3 is 5.32 Å². The smallest absolute Gasteiger partial charge is 0.0589 e. The molecule has 0 bridgehead atoms. The average Bonchev–Trinajstić information content (AvgIpc) is 2.50. The number of hydrogen-bond donors (Lipinski definition) is 1. The molecule has 5 heteroatoms. The summed E-state index contributed by atoms with van der Waals surface area (Å²) in [6, 6.07) is 15.1. The Morgan fingerprint density at radius 2 is 1.86 bits per heavy atom. The first-order chi connectivity index (χ1) is 10.1. The van der Waals surface area contributed by atoms with Gasteiger partial charge in [-0.25, -0.2) is 0 Å². The fourth-order valence-electron chi connectivity index (χ4n) is 2.10. The normalized spacial score (nSPS) is 13.9.